The molecule has 0 saturated carbocycles. The van der Waals surface area contributed by atoms with Crippen LogP contribution in [0.25, 0.3) is 11.3 Å². The zero-order chi connectivity index (χ0) is 12.8. The molecule has 6 nitrogen and oxygen atoms in total. The molecule has 1 aromatic carbocycles. The molecule has 0 bridgehead atoms. The highest BCUT2D eigenvalue weighted by Gasteiger charge is 2.03. The first-order valence-corrected chi connectivity index (χ1v) is 5.43. The van der Waals surface area contributed by atoms with E-state index in [4.69, 9.17) is 5.11 Å². The van der Waals surface area contributed by atoms with E-state index in [0.29, 0.717) is 5.69 Å². The van der Waals surface area contributed by atoms with E-state index < -0.39 is 6.09 Å². The number of nitrogens with zero attached hydrogens (tertiary/aromatic N) is 1. The first-order valence-electron chi connectivity index (χ1n) is 5.43. The van der Waals surface area contributed by atoms with Gasteiger partial charge in [-0.25, -0.2) is 9.78 Å². The number of aromatic nitrogens is 2. The van der Waals surface area contributed by atoms with Gasteiger partial charge in [0.05, 0.1) is 24.8 Å². The number of nitrogens with one attached hydrogen (secondary N) is 2. The van der Waals surface area contributed by atoms with E-state index in [1.165, 1.54) is 0 Å². The minimum absolute atomic E-state index is 0.0158. The molecule has 0 fully saturated rings. The Hall–Kier alpha value is -2.34. The number of rotatable bonds is 4. The van der Waals surface area contributed by atoms with E-state index in [-0.39, 0.29) is 13.2 Å². The predicted molar refractivity (Wildman–Crippen MR) is 66.1 cm³/mol. The maximum atomic E-state index is 11.2. The van der Waals surface area contributed by atoms with Gasteiger partial charge in [0.2, 0.25) is 0 Å². The normalized spacial score (nSPS) is 10.1. The summed E-state index contributed by atoms with van der Waals surface area (Å²) >= 11 is 0. The number of hydrogen-bond acceptors (Lipinski definition) is 4. The molecule has 3 N–H and O–H groups in total. The molecule has 6 heteroatoms. The van der Waals surface area contributed by atoms with Crippen molar-refractivity contribution in [1.82, 2.24) is 9.97 Å². The Morgan fingerprint density at radius 3 is 2.78 bits per heavy atom. The van der Waals surface area contributed by atoms with Gasteiger partial charge in [0, 0.05) is 5.69 Å². The second-order valence-corrected chi connectivity index (χ2v) is 3.53. The van der Waals surface area contributed by atoms with Gasteiger partial charge in [-0.2, -0.15) is 0 Å². The van der Waals surface area contributed by atoms with Crippen LogP contribution in [0.15, 0.2) is 36.8 Å². The molecule has 0 aliphatic carbocycles. The molecule has 94 valence electrons. The smallest absolute Gasteiger partial charge is 0.411 e. The summed E-state index contributed by atoms with van der Waals surface area (Å²) in [6.07, 6.45) is 2.74. The van der Waals surface area contributed by atoms with E-state index >= 15 is 0 Å². The number of amides is 1. The Morgan fingerprint density at radius 1 is 1.39 bits per heavy atom. The second kappa shape index (κ2) is 5.83. The van der Waals surface area contributed by atoms with E-state index in [1.54, 1.807) is 24.7 Å². The van der Waals surface area contributed by atoms with Crippen LogP contribution in [0.4, 0.5) is 10.5 Å². The van der Waals surface area contributed by atoms with Crippen molar-refractivity contribution in [2.24, 2.45) is 0 Å². The monoisotopic (exact) mass is 247 g/mol. The Kier molecular flexibility index (Phi) is 3.93. The van der Waals surface area contributed by atoms with Crippen molar-refractivity contribution in [3.8, 4) is 11.3 Å². The molecular formula is C12H13N3O3. The number of aliphatic hydroxyl groups is 1. The van der Waals surface area contributed by atoms with Gasteiger partial charge in [-0.1, -0.05) is 12.1 Å². The fourth-order valence-electron chi connectivity index (χ4n) is 1.44. The fraction of sp³-hybridized carbons (Fsp3) is 0.167. The summed E-state index contributed by atoms with van der Waals surface area (Å²) in [4.78, 5) is 18.1. The molecule has 0 aliphatic heterocycles. The predicted octanol–water partition coefficient (Wildman–Crippen LogP) is 1.62. The van der Waals surface area contributed by atoms with Crippen molar-refractivity contribution in [2.75, 3.05) is 18.5 Å². The molecule has 1 heterocycles. The molecular weight excluding hydrogens is 234 g/mol. The number of hydrogen-bond donors (Lipinski definition) is 3. The number of benzene rings is 1. The molecule has 18 heavy (non-hydrogen) atoms. The minimum Gasteiger partial charge on any atom is -0.447 e. The van der Waals surface area contributed by atoms with Crippen LogP contribution in [0.2, 0.25) is 0 Å². The third-order valence-corrected chi connectivity index (χ3v) is 2.26. The number of carbonyl (C=O) groups is 1. The first-order chi connectivity index (χ1) is 8.79. The van der Waals surface area contributed by atoms with Crippen LogP contribution in [0.3, 0.4) is 0 Å². The van der Waals surface area contributed by atoms with Crippen molar-refractivity contribution in [3.63, 3.8) is 0 Å². The molecule has 0 radical (unpaired) electrons. The zero-order valence-electron chi connectivity index (χ0n) is 9.59. The summed E-state index contributed by atoms with van der Waals surface area (Å²) in [5.41, 5.74) is 2.51. The van der Waals surface area contributed by atoms with E-state index in [1.807, 2.05) is 12.1 Å². The topological polar surface area (TPSA) is 87.2 Å². The zero-order valence-corrected chi connectivity index (χ0v) is 9.59. The van der Waals surface area contributed by atoms with E-state index in [0.717, 1.165) is 11.3 Å². The third-order valence-electron chi connectivity index (χ3n) is 2.26. The van der Waals surface area contributed by atoms with Gasteiger partial charge in [-0.05, 0) is 17.7 Å². The van der Waals surface area contributed by atoms with Crippen LogP contribution in [0.5, 0.6) is 0 Å². The van der Waals surface area contributed by atoms with Gasteiger partial charge in [-0.15, -0.1) is 0 Å². The summed E-state index contributed by atoms with van der Waals surface area (Å²) < 4.78 is 4.68. The number of aromatic amines is 1. The number of carbonyl (C=O) groups excluding carboxylic acids is 1. The van der Waals surface area contributed by atoms with Crippen LogP contribution in [0.1, 0.15) is 0 Å². The molecule has 0 spiro atoms. The second-order valence-electron chi connectivity index (χ2n) is 3.53. The van der Waals surface area contributed by atoms with Gasteiger partial charge in [0.15, 0.2) is 0 Å². The van der Waals surface area contributed by atoms with Crippen molar-refractivity contribution in [2.45, 2.75) is 0 Å². The van der Waals surface area contributed by atoms with Crippen LogP contribution >= 0.6 is 0 Å². The lowest BCUT2D eigenvalue weighted by molar-refractivity contribution is 0.131. The van der Waals surface area contributed by atoms with Crippen LogP contribution in [-0.4, -0.2) is 34.4 Å². The number of aliphatic hydroxyl groups excluding tert-OH is 1. The Morgan fingerprint density at radius 2 is 2.17 bits per heavy atom. The highest BCUT2D eigenvalue weighted by Crippen LogP contribution is 2.18. The Balaban J connectivity index is 1.98. The van der Waals surface area contributed by atoms with Crippen molar-refractivity contribution < 1.29 is 14.6 Å². The maximum Gasteiger partial charge on any atom is 0.411 e. The largest absolute Gasteiger partial charge is 0.447 e. The summed E-state index contributed by atoms with van der Waals surface area (Å²) in [7, 11) is 0. The van der Waals surface area contributed by atoms with E-state index in [9.17, 15) is 4.79 Å². The highest BCUT2D eigenvalue weighted by atomic mass is 16.6. The van der Waals surface area contributed by atoms with Crippen LogP contribution in [0, 0.1) is 0 Å². The fourth-order valence-corrected chi connectivity index (χ4v) is 1.44. The van der Waals surface area contributed by atoms with Gasteiger partial charge in [0.1, 0.15) is 6.61 Å². The molecule has 0 saturated heterocycles. The van der Waals surface area contributed by atoms with Crippen molar-refractivity contribution in [3.05, 3.63) is 36.8 Å². The lowest BCUT2D eigenvalue weighted by Crippen LogP contribution is -2.15. The molecule has 2 aromatic rings. The number of ether oxygens (including phenoxy) is 1. The van der Waals surface area contributed by atoms with E-state index in [2.05, 4.69) is 20.0 Å². The summed E-state index contributed by atoms with van der Waals surface area (Å²) in [6.45, 7) is -0.204. The Bertz CT molecular complexity index is 494. The maximum absolute atomic E-state index is 11.2. The van der Waals surface area contributed by atoms with Crippen LogP contribution < -0.4 is 5.32 Å². The van der Waals surface area contributed by atoms with Gasteiger partial charge in [-0.3, -0.25) is 5.32 Å². The van der Waals surface area contributed by atoms with Crippen molar-refractivity contribution >= 4 is 11.8 Å². The summed E-state index contributed by atoms with van der Waals surface area (Å²) in [5, 5.41) is 11.1. The molecule has 1 aromatic heterocycles. The average Bonchev–Trinajstić information content (AvgIpc) is 2.91. The standard InChI is InChI=1S/C12H13N3O3/c16-5-6-18-12(17)15-10-3-1-9(2-4-10)11-7-13-8-14-11/h1-4,7-8,16H,5-6H2,(H,13,14)(H,15,17). The number of anilines is 1. The SMILES string of the molecule is O=C(Nc1ccc(-c2cnc[nH]2)cc1)OCCO. The molecule has 0 atom stereocenters. The summed E-state index contributed by atoms with van der Waals surface area (Å²) in [6, 6.07) is 7.23. The highest BCUT2D eigenvalue weighted by molar-refractivity contribution is 5.85. The van der Waals surface area contributed by atoms with Gasteiger partial charge >= 0.3 is 6.09 Å². The first kappa shape index (κ1) is 12.1. The third kappa shape index (κ3) is 3.08. The van der Waals surface area contributed by atoms with Crippen molar-refractivity contribution in [1.29, 1.82) is 0 Å². The summed E-state index contributed by atoms with van der Waals surface area (Å²) in [5.74, 6) is 0. The lowest BCUT2D eigenvalue weighted by atomic mass is 10.1. The molecule has 0 unspecified atom stereocenters. The lowest BCUT2D eigenvalue weighted by Gasteiger charge is -2.06. The molecule has 0 aliphatic rings. The number of imidazole rings is 1. The van der Waals surface area contributed by atoms with Gasteiger partial charge in [0.25, 0.3) is 0 Å². The Labute approximate surface area is 104 Å². The quantitative estimate of drug-likeness (QED) is 0.766. The van der Waals surface area contributed by atoms with Crippen LogP contribution in [-0.2, 0) is 4.74 Å². The van der Waals surface area contributed by atoms with Gasteiger partial charge < -0.3 is 14.8 Å². The minimum atomic E-state index is -0.585. The average molecular weight is 247 g/mol. The molecule has 2 rings (SSSR count). The number of H-pyrrole nitrogens is 1. The molecule has 1 amide bonds.